The minimum Gasteiger partial charge on any atom is -0.481 e. The molecule has 0 radical (unpaired) electrons. The van der Waals surface area contributed by atoms with Crippen LogP contribution in [-0.4, -0.2) is 41.8 Å². The molecule has 3 aliphatic carbocycles. The largest absolute Gasteiger partial charge is 0.481 e. The Morgan fingerprint density at radius 2 is 1.66 bits per heavy atom. The number of rotatable bonds is 8. The Bertz CT molecular complexity index is 1090. The zero-order chi connectivity index (χ0) is 24.5. The van der Waals surface area contributed by atoms with Gasteiger partial charge in [0.2, 0.25) is 5.91 Å². The molecule has 2 unspecified atom stereocenters. The van der Waals surface area contributed by atoms with Gasteiger partial charge in [0, 0.05) is 30.3 Å². The first kappa shape index (κ1) is 23.4. The van der Waals surface area contributed by atoms with Gasteiger partial charge in [-0.05, 0) is 66.7 Å². The summed E-state index contributed by atoms with van der Waals surface area (Å²) < 4.78 is 5.69. The minimum absolute atomic E-state index is 0.00261. The number of amides is 2. The first-order valence-corrected chi connectivity index (χ1v) is 12.5. The van der Waals surface area contributed by atoms with Gasteiger partial charge in [0.25, 0.3) is 0 Å². The lowest BCUT2D eigenvalue weighted by Gasteiger charge is -2.40. The van der Waals surface area contributed by atoms with Gasteiger partial charge in [-0.25, -0.2) is 4.79 Å². The van der Waals surface area contributed by atoms with Gasteiger partial charge in [0.05, 0.1) is 0 Å². The van der Waals surface area contributed by atoms with Crippen LogP contribution in [0.25, 0.3) is 11.1 Å². The van der Waals surface area contributed by atoms with Crippen LogP contribution in [0.1, 0.15) is 56.1 Å². The maximum atomic E-state index is 12.6. The predicted molar refractivity (Wildman–Crippen MR) is 131 cm³/mol. The van der Waals surface area contributed by atoms with Crippen LogP contribution in [0.3, 0.4) is 0 Å². The summed E-state index contributed by atoms with van der Waals surface area (Å²) in [6.45, 7) is 2.13. The number of carbonyl (C=O) groups excluding carboxylic acids is 2. The molecule has 0 bridgehead atoms. The Labute approximate surface area is 205 Å². The zero-order valence-corrected chi connectivity index (χ0v) is 19.9. The second-order valence-corrected chi connectivity index (χ2v) is 10.2. The number of benzene rings is 2. The summed E-state index contributed by atoms with van der Waals surface area (Å²) in [6.07, 6.45) is 2.51. The van der Waals surface area contributed by atoms with Crippen molar-refractivity contribution < 1.29 is 24.2 Å². The highest BCUT2D eigenvalue weighted by atomic mass is 16.5. The Kier molecular flexibility index (Phi) is 6.50. The van der Waals surface area contributed by atoms with Crippen LogP contribution in [0.4, 0.5) is 4.79 Å². The third kappa shape index (κ3) is 4.77. The van der Waals surface area contributed by atoms with Gasteiger partial charge in [-0.2, -0.15) is 0 Å². The molecule has 2 aromatic carbocycles. The molecule has 0 saturated heterocycles. The third-order valence-electron chi connectivity index (χ3n) is 8.02. The molecule has 5 rings (SSSR count). The van der Waals surface area contributed by atoms with Gasteiger partial charge >= 0.3 is 12.1 Å². The van der Waals surface area contributed by atoms with Gasteiger partial charge in [0.15, 0.2) is 0 Å². The second kappa shape index (κ2) is 9.72. The molecule has 7 heteroatoms. The van der Waals surface area contributed by atoms with E-state index < -0.39 is 12.1 Å². The Morgan fingerprint density at radius 3 is 2.31 bits per heavy atom. The van der Waals surface area contributed by atoms with Gasteiger partial charge in [-0.15, -0.1) is 0 Å². The van der Waals surface area contributed by atoms with E-state index in [0.29, 0.717) is 24.9 Å². The summed E-state index contributed by atoms with van der Waals surface area (Å²) in [5, 5.41) is 14.8. The average Bonchev–Trinajstić information content (AvgIpc) is 3.35. The van der Waals surface area contributed by atoms with Gasteiger partial charge in [0.1, 0.15) is 6.61 Å². The number of alkyl carbamates (subject to hydrolysis) is 1. The molecule has 0 aliphatic heterocycles. The first-order chi connectivity index (χ1) is 16.9. The van der Waals surface area contributed by atoms with E-state index in [1.807, 2.05) is 31.2 Å². The highest BCUT2D eigenvalue weighted by Gasteiger charge is 2.50. The number of nitrogens with one attached hydrogen (secondary N) is 2. The predicted octanol–water partition coefficient (Wildman–Crippen LogP) is 4.31. The Hall–Kier alpha value is -3.35. The molecular formula is C28H32N2O5. The SMILES string of the molecule is CC(CCC(=O)O)NC(=O)C1C[C@@H]2C[C@H](NC(=O)OCC3c4ccccc4-c4ccccc43)[C@@H]2C1. The first-order valence-electron chi connectivity index (χ1n) is 12.5. The molecule has 35 heavy (non-hydrogen) atoms. The average molecular weight is 477 g/mol. The van der Waals surface area contributed by atoms with Crippen LogP contribution in [0.2, 0.25) is 0 Å². The van der Waals surface area contributed by atoms with Crippen LogP contribution in [-0.2, 0) is 14.3 Å². The van der Waals surface area contributed by atoms with Crippen molar-refractivity contribution in [3.8, 4) is 11.1 Å². The monoisotopic (exact) mass is 476 g/mol. The molecule has 2 saturated carbocycles. The van der Waals surface area contributed by atoms with Crippen LogP contribution in [0.15, 0.2) is 48.5 Å². The summed E-state index contributed by atoms with van der Waals surface area (Å²) >= 11 is 0. The molecule has 0 spiro atoms. The van der Waals surface area contributed by atoms with Crippen molar-refractivity contribution in [1.29, 1.82) is 0 Å². The van der Waals surface area contributed by atoms with E-state index in [2.05, 4.69) is 34.9 Å². The number of carboxylic acids is 1. The number of hydrogen-bond donors (Lipinski definition) is 3. The van der Waals surface area contributed by atoms with Crippen LogP contribution >= 0.6 is 0 Å². The number of ether oxygens (including phenoxy) is 1. The van der Waals surface area contributed by atoms with Crippen LogP contribution in [0.5, 0.6) is 0 Å². The zero-order valence-electron chi connectivity index (χ0n) is 19.9. The van der Waals surface area contributed by atoms with Crippen molar-refractivity contribution in [1.82, 2.24) is 10.6 Å². The quantitative estimate of drug-likeness (QED) is 0.527. The van der Waals surface area contributed by atoms with Crippen molar-refractivity contribution in [3.63, 3.8) is 0 Å². The van der Waals surface area contributed by atoms with E-state index in [9.17, 15) is 14.4 Å². The molecule has 2 aromatic rings. The number of fused-ring (bicyclic) bond motifs is 4. The molecule has 2 fully saturated rings. The molecule has 184 valence electrons. The summed E-state index contributed by atoms with van der Waals surface area (Å²) in [4.78, 5) is 36.0. The lowest BCUT2D eigenvalue weighted by atomic mass is 9.71. The standard InChI is InChI=1S/C28H32N2O5/c1-16(10-11-26(31)32)29-27(33)18-12-17-14-25(23(17)13-18)30-28(34)35-15-24-21-8-4-2-6-19(21)20-7-3-5-9-22(20)24/h2-9,16-18,23-25H,10-15H2,1H3,(H,29,33)(H,30,34)(H,31,32)/t16?,17-,18?,23-,25+/m1/s1. The van der Waals surface area contributed by atoms with Crippen molar-refractivity contribution in [2.24, 2.45) is 17.8 Å². The lowest BCUT2D eigenvalue weighted by molar-refractivity contribution is -0.137. The summed E-state index contributed by atoms with van der Waals surface area (Å²) in [7, 11) is 0. The van der Waals surface area contributed by atoms with Crippen molar-refractivity contribution >= 4 is 18.0 Å². The summed E-state index contributed by atoms with van der Waals surface area (Å²) in [6, 6.07) is 16.4. The maximum Gasteiger partial charge on any atom is 0.407 e. The third-order valence-corrected chi connectivity index (χ3v) is 8.02. The summed E-state index contributed by atoms with van der Waals surface area (Å²) in [5.74, 6) is -0.166. The normalized spacial score (nSPS) is 24.9. The molecule has 5 atom stereocenters. The van der Waals surface area contributed by atoms with E-state index in [1.165, 1.54) is 22.3 Å². The molecule has 0 aromatic heterocycles. The summed E-state index contributed by atoms with van der Waals surface area (Å²) in [5.41, 5.74) is 4.78. The second-order valence-electron chi connectivity index (χ2n) is 10.2. The molecule has 2 amide bonds. The lowest BCUT2D eigenvalue weighted by Crippen LogP contribution is -2.50. The van der Waals surface area contributed by atoms with E-state index >= 15 is 0 Å². The van der Waals surface area contributed by atoms with Crippen molar-refractivity contribution in [3.05, 3.63) is 59.7 Å². The molecular weight excluding hydrogens is 444 g/mol. The van der Waals surface area contributed by atoms with Crippen LogP contribution in [0, 0.1) is 17.8 Å². The fourth-order valence-corrected chi connectivity index (χ4v) is 6.17. The number of aliphatic carboxylic acids is 1. The fraction of sp³-hybridized carbons (Fsp3) is 0.464. The highest BCUT2D eigenvalue weighted by molar-refractivity contribution is 5.80. The van der Waals surface area contributed by atoms with Crippen LogP contribution < -0.4 is 10.6 Å². The maximum absolute atomic E-state index is 12.6. The smallest absolute Gasteiger partial charge is 0.407 e. The number of carbonyl (C=O) groups is 3. The molecule has 0 heterocycles. The van der Waals surface area contributed by atoms with Gasteiger partial charge in [-0.1, -0.05) is 48.5 Å². The van der Waals surface area contributed by atoms with Crippen molar-refractivity contribution in [2.45, 2.75) is 57.0 Å². The Balaban J connectivity index is 1.11. The topological polar surface area (TPSA) is 105 Å². The van der Waals surface area contributed by atoms with E-state index in [1.54, 1.807) is 0 Å². The fourth-order valence-electron chi connectivity index (χ4n) is 6.17. The Morgan fingerprint density at radius 1 is 1.00 bits per heavy atom. The highest BCUT2D eigenvalue weighted by Crippen LogP contribution is 2.50. The van der Waals surface area contributed by atoms with Gasteiger partial charge in [-0.3, -0.25) is 9.59 Å². The van der Waals surface area contributed by atoms with Gasteiger partial charge < -0.3 is 20.5 Å². The molecule has 3 N–H and O–H groups in total. The minimum atomic E-state index is -0.854. The van der Waals surface area contributed by atoms with E-state index in [4.69, 9.17) is 9.84 Å². The molecule has 3 aliphatic rings. The van der Waals surface area contributed by atoms with E-state index in [-0.39, 0.29) is 36.2 Å². The van der Waals surface area contributed by atoms with Crippen molar-refractivity contribution in [2.75, 3.05) is 6.61 Å². The van der Waals surface area contributed by atoms with E-state index in [0.717, 1.165) is 19.3 Å². The number of carboxylic acid groups (broad SMARTS) is 1. The number of hydrogen-bond acceptors (Lipinski definition) is 4. The molecule has 7 nitrogen and oxygen atoms in total.